The first kappa shape index (κ1) is 21.3. The number of halogens is 2. The maximum atomic E-state index is 12.7. The van der Waals surface area contributed by atoms with E-state index >= 15 is 0 Å². The van der Waals surface area contributed by atoms with Crippen LogP contribution in [0.1, 0.15) is 15.9 Å². The average Bonchev–Trinajstić information content (AvgIpc) is 2.93. The number of carbonyl (C=O) groups excluding carboxylic acids is 2. The number of thioether (sulfide) groups is 1. The summed E-state index contributed by atoms with van der Waals surface area (Å²) in [5.41, 5.74) is 3.67. The van der Waals surface area contributed by atoms with Crippen LogP contribution in [0.4, 0.5) is 0 Å². The van der Waals surface area contributed by atoms with Gasteiger partial charge in [-0.25, -0.2) is 0 Å². The highest BCUT2D eigenvalue weighted by molar-refractivity contribution is 14.1. The van der Waals surface area contributed by atoms with Gasteiger partial charge in [0.05, 0.1) is 19.2 Å². The molecule has 0 saturated carbocycles. The second-order valence-electron chi connectivity index (χ2n) is 5.52. The molecular weight excluding hydrogens is 626 g/mol. The van der Waals surface area contributed by atoms with E-state index in [9.17, 15) is 14.7 Å². The molecule has 0 spiro atoms. The molecule has 1 saturated heterocycles. The first-order valence-corrected chi connectivity index (χ1v) is 11.1. The number of benzene rings is 2. The summed E-state index contributed by atoms with van der Waals surface area (Å²) in [5.74, 6) is -0.0233. The number of phenolic OH excluding ortho intramolecular Hbond substituents is 1. The van der Waals surface area contributed by atoms with Gasteiger partial charge in [-0.1, -0.05) is 11.8 Å². The van der Waals surface area contributed by atoms with Gasteiger partial charge in [0, 0.05) is 5.56 Å². The van der Waals surface area contributed by atoms with Gasteiger partial charge in [-0.3, -0.25) is 15.0 Å². The molecule has 10 heteroatoms. The van der Waals surface area contributed by atoms with Crippen LogP contribution in [-0.2, 0) is 4.79 Å². The molecule has 1 aliphatic heterocycles. The monoisotopic (exact) mass is 638 g/mol. The number of carbonyl (C=O) groups is 2. The Kier molecular flexibility index (Phi) is 6.83. The van der Waals surface area contributed by atoms with Crippen molar-refractivity contribution in [3.63, 3.8) is 0 Å². The molecule has 2 aromatic carbocycles. The van der Waals surface area contributed by atoms with Crippen molar-refractivity contribution >= 4 is 91.4 Å². The third kappa shape index (κ3) is 4.60. The molecule has 144 valence electrons. The predicted molar refractivity (Wildman–Crippen MR) is 129 cm³/mol. The third-order valence-electron chi connectivity index (χ3n) is 3.70. The quantitative estimate of drug-likeness (QED) is 0.298. The van der Waals surface area contributed by atoms with Crippen molar-refractivity contribution in [3.05, 3.63) is 59.6 Å². The molecule has 1 fully saturated rings. The van der Waals surface area contributed by atoms with Gasteiger partial charge in [-0.05, 0) is 105 Å². The summed E-state index contributed by atoms with van der Waals surface area (Å²) in [6, 6.07) is 10.0. The lowest BCUT2D eigenvalue weighted by Crippen LogP contribution is -2.44. The molecule has 0 radical (unpaired) electrons. The minimum atomic E-state index is -0.450. The van der Waals surface area contributed by atoms with Crippen molar-refractivity contribution in [2.75, 3.05) is 7.11 Å². The van der Waals surface area contributed by atoms with Crippen LogP contribution >= 0.6 is 69.2 Å². The molecule has 0 bridgehead atoms. The molecule has 0 unspecified atom stereocenters. The minimum Gasteiger partial charge on any atom is -0.506 e. The van der Waals surface area contributed by atoms with E-state index in [1.807, 2.05) is 45.2 Å². The molecule has 3 rings (SSSR count). The summed E-state index contributed by atoms with van der Waals surface area (Å²) in [6.07, 6.45) is 1.68. The van der Waals surface area contributed by atoms with Crippen LogP contribution in [0.25, 0.3) is 6.08 Å². The van der Waals surface area contributed by atoms with Gasteiger partial charge in [0.25, 0.3) is 11.8 Å². The summed E-state index contributed by atoms with van der Waals surface area (Å²) < 4.78 is 6.66. The summed E-state index contributed by atoms with van der Waals surface area (Å²) in [7, 11) is 1.54. The Hall–Kier alpha value is -1.38. The van der Waals surface area contributed by atoms with E-state index in [1.165, 1.54) is 7.11 Å². The lowest BCUT2D eigenvalue weighted by atomic mass is 10.2. The molecule has 28 heavy (non-hydrogen) atoms. The highest BCUT2D eigenvalue weighted by atomic mass is 127. The maximum absolute atomic E-state index is 12.7. The number of aromatic hydroxyl groups is 1. The Morgan fingerprint density at radius 2 is 1.86 bits per heavy atom. The van der Waals surface area contributed by atoms with Gasteiger partial charge in [0.2, 0.25) is 0 Å². The van der Waals surface area contributed by atoms with Gasteiger partial charge in [-0.15, -0.1) is 0 Å². The second-order valence-corrected chi connectivity index (χ2v) is 9.52. The molecule has 0 aromatic heterocycles. The van der Waals surface area contributed by atoms with E-state index in [-0.39, 0.29) is 10.1 Å². The Labute approximate surface area is 197 Å². The minimum absolute atomic E-state index is 0.206. The van der Waals surface area contributed by atoms with Gasteiger partial charge >= 0.3 is 0 Å². The predicted octanol–water partition coefficient (Wildman–Crippen LogP) is 4.16. The van der Waals surface area contributed by atoms with Crippen molar-refractivity contribution in [2.45, 2.75) is 0 Å². The Bertz CT molecular complexity index is 986. The SMILES string of the molecule is COc1ccc(C(=O)NN2C(=O)/C(=C\c3cc(I)c(O)c(I)c3)SC2=S)cc1. The van der Waals surface area contributed by atoms with E-state index < -0.39 is 11.8 Å². The average molecular weight is 638 g/mol. The van der Waals surface area contributed by atoms with Gasteiger partial charge in [-0.2, -0.15) is 5.01 Å². The number of thiocarbonyl (C=S) groups is 1. The number of hydrazine groups is 1. The van der Waals surface area contributed by atoms with E-state index in [0.717, 1.165) is 22.3 Å². The fraction of sp³-hybridized carbons (Fsp3) is 0.0556. The Morgan fingerprint density at radius 3 is 2.43 bits per heavy atom. The first-order chi connectivity index (χ1) is 13.3. The van der Waals surface area contributed by atoms with Crippen molar-refractivity contribution < 1.29 is 19.4 Å². The topological polar surface area (TPSA) is 78.9 Å². The molecular formula is C18H12I2N2O4S2. The summed E-state index contributed by atoms with van der Waals surface area (Å²) >= 11 is 10.4. The summed E-state index contributed by atoms with van der Waals surface area (Å²) in [6.45, 7) is 0. The molecule has 2 amide bonds. The zero-order valence-electron chi connectivity index (χ0n) is 14.2. The highest BCUT2D eigenvalue weighted by Crippen LogP contribution is 2.34. The number of hydrogen-bond donors (Lipinski definition) is 2. The molecule has 2 N–H and O–H groups in total. The van der Waals surface area contributed by atoms with Crippen LogP contribution in [0.3, 0.4) is 0 Å². The van der Waals surface area contributed by atoms with Crippen molar-refractivity contribution in [2.24, 2.45) is 0 Å². The number of phenols is 1. The maximum Gasteiger partial charge on any atom is 0.285 e. The molecule has 0 aliphatic carbocycles. The van der Waals surface area contributed by atoms with E-state index in [1.54, 1.807) is 42.5 Å². The number of nitrogens with one attached hydrogen (secondary N) is 1. The lowest BCUT2D eigenvalue weighted by molar-refractivity contribution is -0.123. The standard InChI is InChI=1S/C18H12I2N2O4S2/c1-26-11-4-2-10(3-5-11)16(24)21-22-17(25)14(28-18(22)27)8-9-6-12(19)15(23)13(20)7-9/h2-8,23H,1H3,(H,21,24)/b14-8+. The van der Waals surface area contributed by atoms with E-state index in [0.29, 0.717) is 23.4 Å². The fourth-order valence-electron chi connectivity index (χ4n) is 2.29. The number of ether oxygens (including phenoxy) is 1. The smallest absolute Gasteiger partial charge is 0.285 e. The fourth-order valence-corrected chi connectivity index (χ4v) is 5.29. The van der Waals surface area contributed by atoms with Gasteiger partial charge in [0.1, 0.15) is 11.5 Å². The Morgan fingerprint density at radius 1 is 1.25 bits per heavy atom. The van der Waals surface area contributed by atoms with Crippen LogP contribution in [-0.4, -0.2) is 33.4 Å². The van der Waals surface area contributed by atoms with Crippen LogP contribution in [0.2, 0.25) is 0 Å². The highest BCUT2D eigenvalue weighted by Gasteiger charge is 2.33. The van der Waals surface area contributed by atoms with E-state index in [4.69, 9.17) is 17.0 Å². The number of methoxy groups -OCH3 is 1. The normalized spacial score (nSPS) is 15.2. The number of amides is 2. The second kappa shape index (κ2) is 8.97. The Balaban J connectivity index is 1.78. The van der Waals surface area contributed by atoms with Crippen molar-refractivity contribution in [1.29, 1.82) is 0 Å². The van der Waals surface area contributed by atoms with Gasteiger partial charge in [0.15, 0.2) is 4.32 Å². The molecule has 0 atom stereocenters. The lowest BCUT2D eigenvalue weighted by Gasteiger charge is -2.15. The largest absolute Gasteiger partial charge is 0.506 e. The van der Waals surface area contributed by atoms with E-state index in [2.05, 4.69) is 5.43 Å². The number of nitrogens with zero attached hydrogens (tertiary/aromatic N) is 1. The summed E-state index contributed by atoms with van der Waals surface area (Å²) in [5, 5.41) is 10.9. The molecule has 6 nitrogen and oxygen atoms in total. The zero-order valence-corrected chi connectivity index (χ0v) is 20.2. The number of hydrogen-bond acceptors (Lipinski definition) is 6. The van der Waals surface area contributed by atoms with Crippen LogP contribution in [0, 0.1) is 7.14 Å². The van der Waals surface area contributed by atoms with Crippen LogP contribution < -0.4 is 10.2 Å². The van der Waals surface area contributed by atoms with Crippen LogP contribution in [0.5, 0.6) is 11.5 Å². The molecule has 1 heterocycles. The molecule has 1 aliphatic rings. The number of rotatable bonds is 4. The van der Waals surface area contributed by atoms with Crippen LogP contribution in [0.15, 0.2) is 41.3 Å². The van der Waals surface area contributed by atoms with Crippen molar-refractivity contribution in [1.82, 2.24) is 10.4 Å². The summed E-state index contributed by atoms with van der Waals surface area (Å²) in [4.78, 5) is 25.5. The third-order valence-corrected chi connectivity index (χ3v) is 6.64. The van der Waals surface area contributed by atoms with Crippen molar-refractivity contribution in [3.8, 4) is 11.5 Å². The zero-order chi connectivity index (χ0) is 20.4. The van der Waals surface area contributed by atoms with Gasteiger partial charge < -0.3 is 9.84 Å². The first-order valence-electron chi connectivity index (χ1n) is 7.71. The molecule has 2 aromatic rings.